The molecule has 1 fully saturated rings. The van der Waals surface area contributed by atoms with E-state index in [1.54, 1.807) is 0 Å². The topological polar surface area (TPSA) is 85.9 Å². The molecule has 0 amide bonds. The van der Waals surface area contributed by atoms with Crippen LogP contribution in [0.3, 0.4) is 0 Å². The normalized spacial score (nSPS) is 22.2. The molecule has 1 heterocycles. The minimum Gasteiger partial charge on any atom is -0.460 e. The van der Waals surface area contributed by atoms with E-state index in [4.69, 9.17) is 15.2 Å². The number of esters is 1. The summed E-state index contributed by atoms with van der Waals surface area (Å²) in [6.07, 6.45) is 4.46. The molecule has 0 radical (unpaired) electrons. The number of carbonyl (C=O) groups is 1. The first-order valence-electron chi connectivity index (χ1n) is 7.39. The van der Waals surface area contributed by atoms with E-state index in [-0.39, 0.29) is 23.1 Å². The first-order chi connectivity index (χ1) is 10.0. The van der Waals surface area contributed by atoms with Gasteiger partial charge in [-0.15, -0.1) is 0 Å². The van der Waals surface area contributed by atoms with Crippen LogP contribution in [0.4, 0.5) is 0 Å². The van der Waals surface area contributed by atoms with E-state index in [1.807, 2.05) is 6.92 Å². The minimum absolute atomic E-state index is 0.113. The van der Waals surface area contributed by atoms with E-state index in [9.17, 15) is 4.79 Å². The second kappa shape index (κ2) is 9.68. The molecule has 2 atom stereocenters. The highest BCUT2D eigenvalue weighted by molar-refractivity contribution is 7.80. The molecule has 7 heteroatoms. The summed E-state index contributed by atoms with van der Waals surface area (Å²) in [6, 6.07) is 0. The van der Waals surface area contributed by atoms with Gasteiger partial charge in [0.05, 0.1) is 12.5 Å². The number of nitrogens with one attached hydrogen (secondary N) is 1. The summed E-state index contributed by atoms with van der Waals surface area (Å²) >= 11 is 4.67. The number of nitrogens with two attached hydrogens (primary N) is 1. The number of thiocarbonyl (C=S) groups is 1. The van der Waals surface area contributed by atoms with Gasteiger partial charge in [0.1, 0.15) is 6.10 Å². The fourth-order valence-corrected chi connectivity index (χ4v) is 2.26. The molecule has 0 aromatic heterocycles. The molecule has 1 aliphatic heterocycles. The summed E-state index contributed by atoms with van der Waals surface area (Å²) < 4.78 is 10.9. The van der Waals surface area contributed by atoms with E-state index >= 15 is 0 Å². The standard InChI is InChI=1S/C14H25N3O3S/c1-3-4-5-6-19-9-12-8-11(13(18)20-12)7-10(2)16-17-14(15)21/h11-12H,3-9H2,1-2H3,(H3,15,17,21)/b16-10-/t11-,12-/m0/s1. The molecule has 21 heavy (non-hydrogen) atoms. The van der Waals surface area contributed by atoms with Crippen molar-refractivity contribution in [2.24, 2.45) is 16.8 Å². The fourth-order valence-electron chi connectivity index (χ4n) is 2.21. The molecule has 6 nitrogen and oxygen atoms in total. The molecule has 0 unspecified atom stereocenters. The largest absolute Gasteiger partial charge is 0.460 e. The van der Waals surface area contributed by atoms with Crippen LogP contribution in [0.15, 0.2) is 5.10 Å². The van der Waals surface area contributed by atoms with Gasteiger partial charge in [-0.05, 0) is 25.6 Å². The van der Waals surface area contributed by atoms with Crippen molar-refractivity contribution in [1.82, 2.24) is 5.43 Å². The number of hydrogen-bond acceptors (Lipinski definition) is 5. The first-order valence-corrected chi connectivity index (χ1v) is 7.80. The highest BCUT2D eigenvalue weighted by atomic mass is 32.1. The average Bonchev–Trinajstić information content (AvgIpc) is 2.76. The summed E-state index contributed by atoms with van der Waals surface area (Å²) in [7, 11) is 0. The van der Waals surface area contributed by atoms with Gasteiger partial charge in [0.2, 0.25) is 0 Å². The molecule has 1 aliphatic rings. The van der Waals surface area contributed by atoms with Crippen molar-refractivity contribution in [2.45, 2.75) is 52.1 Å². The van der Waals surface area contributed by atoms with Crippen molar-refractivity contribution >= 4 is 29.0 Å². The van der Waals surface area contributed by atoms with E-state index in [0.717, 1.165) is 18.7 Å². The van der Waals surface area contributed by atoms with Crippen LogP contribution in [0.5, 0.6) is 0 Å². The van der Waals surface area contributed by atoms with Crippen molar-refractivity contribution in [3.63, 3.8) is 0 Å². The molecule has 0 saturated carbocycles. The van der Waals surface area contributed by atoms with Crippen LogP contribution >= 0.6 is 12.2 Å². The Bertz CT molecular complexity index is 388. The summed E-state index contributed by atoms with van der Waals surface area (Å²) in [5.41, 5.74) is 8.58. The highest BCUT2D eigenvalue weighted by Gasteiger charge is 2.34. The Morgan fingerprint density at radius 3 is 3.00 bits per heavy atom. The number of hydrogen-bond donors (Lipinski definition) is 2. The predicted octanol–water partition coefficient (Wildman–Crippen LogP) is 1.72. The third-order valence-corrected chi connectivity index (χ3v) is 3.35. The maximum absolute atomic E-state index is 11.8. The van der Waals surface area contributed by atoms with Gasteiger partial charge in [-0.2, -0.15) is 5.10 Å². The Morgan fingerprint density at radius 1 is 1.57 bits per heavy atom. The quantitative estimate of drug-likeness (QED) is 0.221. The zero-order chi connectivity index (χ0) is 15.7. The third-order valence-electron chi connectivity index (χ3n) is 3.26. The van der Waals surface area contributed by atoms with Gasteiger partial charge in [0.25, 0.3) is 0 Å². The first kappa shape index (κ1) is 17.8. The molecular weight excluding hydrogens is 290 g/mol. The fraction of sp³-hybridized carbons (Fsp3) is 0.786. The lowest BCUT2D eigenvalue weighted by molar-refractivity contribution is -0.146. The number of unbranched alkanes of at least 4 members (excludes halogenated alkanes) is 2. The molecule has 1 rings (SSSR count). The third kappa shape index (κ3) is 7.38. The van der Waals surface area contributed by atoms with Crippen LogP contribution in [0, 0.1) is 5.92 Å². The average molecular weight is 315 g/mol. The van der Waals surface area contributed by atoms with Gasteiger partial charge in [-0.1, -0.05) is 19.8 Å². The van der Waals surface area contributed by atoms with Crippen LogP contribution < -0.4 is 11.2 Å². The van der Waals surface area contributed by atoms with Crippen molar-refractivity contribution in [3.05, 3.63) is 0 Å². The van der Waals surface area contributed by atoms with E-state index < -0.39 is 0 Å². The van der Waals surface area contributed by atoms with Gasteiger partial charge in [-0.25, -0.2) is 0 Å². The summed E-state index contributed by atoms with van der Waals surface area (Å²) in [6.45, 7) is 5.19. The van der Waals surface area contributed by atoms with E-state index in [0.29, 0.717) is 19.4 Å². The van der Waals surface area contributed by atoms with Crippen molar-refractivity contribution in [3.8, 4) is 0 Å². The Morgan fingerprint density at radius 2 is 2.33 bits per heavy atom. The van der Waals surface area contributed by atoms with Gasteiger partial charge in [0.15, 0.2) is 5.11 Å². The number of rotatable bonds is 9. The number of ether oxygens (including phenoxy) is 2. The Labute approximate surface area is 131 Å². The Kier molecular flexibility index (Phi) is 8.22. The van der Waals surface area contributed by atoms with Crippen molar-refractivity contribution in [2.75, 3.05) is 13.2 Å². The smallest absolute Gasteiger partial charge is 0.309 e. The number of hydrazone groups is 1. The molecule has 120 valence electrons. The lowest BCUT2D eigenvalue weighted by atomic mass is 9.99. The van der Waals surface area contributed by atoms with Crippen LogP contribution in [-0.4, -0.2) is 36.1 Å². The number of carbonyl (C=O) groups excluding carboxylic acids is 1. The van der Waals surface area contributed by atoms with Crippen LogP contribution in [0.1, 0.15) is 46.0 Å². The molecular formula is C14H25N3O3S. The lowest BCUT2D eigenvalue weighted by Crippen LogP contribution is -2.25. The summed E-state index contributed by atoms with van der Waals surface area (Å²) in [5, 5.41) is 4.12. The molecule has 0 aromatic rings. The maximum Gasteiger partial charge on any atom is 0.309 e. The summed E-state index contributed by atoms with van der Waals surface area (Å²) in [5.74, 6) is -0.340. The van der Waals surface area contributed by atoms with E-state index in [2.05, 4.69) is 29.7 Å². The number of nitrogens with zero attached hydrogens (tertiary/aromatic N) is 1. The Balaban J connectivity index is 2.27. The summed E-state index contributed by atoms with van der Waals surface area (Å²) in [4.78, 5) is 11.8. The van der Waals surface area contributed by atoms with Gasteiger partial charge < -0.3 is 15.2 Å². The Hall–Kier alpha value is -1.21. The van der Waals surface area contributed by atoms with Gasteiger partial charge in [-0.3, -0.25) is 10.2 Å². The second-order valence-corrected chi connectivity index (χ2v) is 5.74. The molecule has 1 saturated heterocycles. The van der Waals surface area contributed by atoms with Gasteiger partial charge in [0, 0.05) is 25.2 Å². The zero-order valence-corrected chi connectivity index (χ0v) is 13.6. The van der Waals surface area contributed by atoms with E-state index in [1.165, 1.54) is 12.8 Å². The molecule has 0 spiro atoms. The molecule has 0 aromatic carbocycles. The minimum atomic E-state index is -0.179. The van der Waals surface area contributed by atoms with Crippen LogP contribution in [-0.2, 0) is 14.3 Å². The second-order valence-electron chi connectivity index (χ2n) is 5.30. The highest BCUT2D eigenvalue weighted by Crippen LogP contribution is 2.24. The van der Waals surface area contributed by atoms with Crippen LogP contribution in [0.2, 0.25) is 0 Å². The van der Waals surface area contributed by atoms with Crippen molar-refractivity contribution in [1.29, 1.82) is 0 Å². The van der Waals surface area contributed by atoms with Gasteiger partial charge >= 0.3 is 5.97 Å². The molecule has 0 aliphatic carbocycles. The van der Waals surface area contributed by atoms with Crippen LogP contribution in [0.25, 0.3) is 0 Å². The predicted molar refractivity (Wildman–Crippen MR) is 86.0 cm³/mol. The van der Waals surface area contributed by atoms with Crippen molar-refractivity contribution < 1.29 is 14.3 Å². The molecule has 0 bridgehead atoms. The zero-order valence-electron chi connectivity index (χ0n) is 12.8. The lowest BCUT2D eigenvalue weighted by Gasteiger charge is -2.09. The maximum atomic E-state index is 11.8. The molecule has 3 N–H and O–H groups in total. The monoisotopic (exact) mass is 315 g/mol. The SMILES string of the molecule is CCCCCOC[C@@H]1C[C@H](C/C(C)=N\NC(N)=S)C(=O)O1. The number of cyclic esters (lactones) is 1.